The molecule has 1 aromatic heterocycles. The van der Waals surface area contributed by atoms with Crippen LogP contribution in [0, 0.1) is 5.92 Å². The van der Waals surface area contributed by atoms with Gasteiger partial charge >= 0.3 is 0 Å². The van der Waals surface area contributed by atoms with E-state index in [0.717, 1.165) is 12.5 Å². The molecule has 0 bridgehead atoms. The molecule has 0 spiro atoms. The lowest BCUT2D eigenvalue weighted by Crippen LogP contribution is -2.21. The monoisotopic (exact) mass is 220 g/mol. The van der Waals surface area contributed by atoms with Crippen molar-refractivity contribution in [2.24, 2.45) is 5.92 Å². The van der Waals surface area contributed by atoms with Crippen molar-refractivity contribution in [3.05, 3.63) is 24.0 Å². The number of nitrogens with one attached hydrogen (secondary N) is 1. The molecule has 2 rings (SSSR count). The minimum atomic E-state index is 0.568. The number of nitrogens with zero attached hydrogens (tertiary/aromatic N) is 1. The highest BCUT2D eigenvalue weighted by molar-refractivity contribution is 5.10. The van der Waals surface area contributed by atoms with Crippen LogP contribution in [0.4, 0.5) is 0 Å². The van der Waals surface area contributed by atoms with E-state index in [2.05, 4.69) is 42.2 Å². The second kappa shape index (κ2) is 5.53. The van der Waals surface area contributed by atoms with Gasteiger partial charge in [0.05, 0.1) is 0 Å². The first-order valence-corrected chi connectivity index (χ1v) is 6.62. The van der Waals surface area contributed by atoms with E-state index < -0.39 is 0 Å². The topological polar surface area (TPSA) is 17.0 Å². The van der Waals surface area contributed by atoms with Gasteiger partial charge < -0.3 is 9.88 Å². The van der Waals surface area contributed by atoms with Crippen LogP contribution in [0.15, 0.2) is 18.5 Å². The molecule has 0 radical (unpaired) electrons. The van der Waals surface area contributed by atoms with Crippen molar-refractivity contribution in [3.8, 4) is 0 Å². The summed E-state index contributed by atoms with van der Waals surface area (Å²) in [5.74, 6) is 0.929. The van der Waals surface area contributed by atoms with E-state index in [1.54, 1.807) is 0 Å². The zero-order valence-corrected chi connectivity index (χ0v) is 10.6. The molecule has 0 saturated heterocycles. The molecule has 1 saturated carbocycles. The molecule has 0 amide bonds. The Labute approximate surface area is 99.0 Å². The Morgan fingerprint density at radius 2 is 2.12 bits per heavy atom. The minimum Gasteiger partial charge on any atom is -0.354 e. The second-order valence-corrected chi connectivity index (χ2v) is 5.40. The summed E-state index contributed by atoms with van der Waals surface area (Å²) in [6.45, 7) is 6.60. The molecule has 90 valence electrons. The predicted molar refractivity (Wildman–Crippen MR) is 68.4 cm³/mol. The van der Waals surface area contributed by atoms with Crippen LogP contribution in [0.25, 0.3) is 0 Å². The number of aromatic nitrogens is 1. The summed E-state index contributed by atoms with van der Waals surface area (Å²) >= 11 is 0. The van der Waals surface area contributed by atoms with Crippen LogP contribution in [-0.2, 0) is 13.1 Å². The van der Waals surface area contributed by atoms with Crippen LogP contribution in [0.1, 0.15) is 45.1 Å². The quantitative estimate of drug-likeness (QED) is 0.806. The molecule has 0 aliphatic heterocycles. The Balaban J connectivity index is 1.81. The summed E-state index contributed by atoms with van der Waals surface area (Å²) in [6, 6.07) is 2.81. The zero-order chi connectivity index (χ0) is 11.4. The third kappa shape index (κ3) is 3.38. The molecule has 1 heterocycles. The molecule has 16 heavy (non-hydrogen) atoms. The Hall–Kier alpha value is -0.760. The lowest BCUT2D eigenvalue weighted by molar-refractivity contribution is 0.457. The van der Waals surface area contributed by atoms with Crippen molar-refractivity contribution >= 4 is 0 Å². The third-order valence-corrected chi connectivity index (χ3v) is 3.47. The van der Waals surface area contributed by atoms with Crippen LogP contribution in [0.3, 0.4) is 0 Å². The molecular weight excluding hydrogens is 196 g/mol. The van der Waals surface area contributed by atoms with Crippen molar-refractivity contribution < 1.29 is 0 Å². The maximum Gasteiger partial charge on any atom is 0.0248 e. The van der Waals surface area contributed by atoms with Gasteiger partial charge in [0.15, 0.2) is 0 Å². The van der Waals surface area contributed by atoms with Gasteiger partial charge in [-0.15, -0.1) is 0 Å². The average molecular weight is 220 g/mol. The minimum absolute atomic E-state index is 0.568. The molecule has 1 aliphatic carbocycles. The third-order valence-electron chi connectivity index (χ3n) is 3.47. The fourth-order valence-electron chi connectivity index (χ4n) is 2.52. The highest BCUT2D eigenvalue weighted by Gasteiger charge is 2.15. The van der Waals surface area contributed by atoms with Crippen LogP contribution in [-0.4, -0.2) is 10.6 Å². The van der Waals surface area contributed by atoms with Crippen molar-refractivity contribution in [1.29, 1.82) is 0 Å². The van der Waals surface area contributed by atoms with Crippen LogP contribution >= 0.6 is 0 Å². The number of hydrogen-bond acceptors (Lipinski definition) is 1. The van der Waals surface area contributed by atoms with Crippen LogP contribution in [0.2, 0.25) is 0 Å². The molecular formula is C14H24N2. The normalized spacial score (nSPS) is 17.4. The molecule has 0 unspecified atom stereocenters. The van der Waals surface area contributed by atoms with Gasteiger partial charge in [0.1, 0.15) is 0 Å². The summed E-state index contributed by atoms with van der Waals surface area (Å²) in [6.07, 6.45) is 10.3. The zero-order valence-electron chi connectivity index (χ0n) is 10.6. The van der Waals surface area contributed by atoms with Gasteiger partial charge in [-0.25, -0.2) is 0 Å². The summed E-state index contributed by atoms with van der Waals surface area (Å²) in [5.41, 5.74) is 1.41. The SMILES string of the molecule is CC(C)NCc1ccn(CC2CCCC2)c1. The Morgan fingerprint density at radius 3 is 2.81 bits per heavy atom. The van der Waals surface area contributed by atoms with E-state index >= 15 is 0 Å². The van der Waals surface area contributed by atoms with E-state index in [9.17, 15) is 0 Å². The number of rotatable bonds is 5. The van der Waals surface area contributed by atoms with E-state index in [1.165, 1.54) is 37.8 Å². The summed E-state index contributed by atoms with van der Waals surface area (Å²) in [5, 5.41) is 3.46. The first-order valence-electron chi connectivity index (χ1n) is 6.62. The molecule has 1 aromatic rings. The highest BCUT2D eigenvalue weighted by Crippen LogP contribution is 2.26. The average Bonchev–Trinajstić information content (AvgIpc) is 2.87. The first-order chi connectivity index (χ1) is 7.74. The molecule has 1 fully saturated rings. The number of hydrogen-bond donors (Lipinski definition) is 1. The fourth-order valence-corrected chi connectivity index (χ4v) is 2.52. The maximum absolute atomic E-state index is 3.46. The standard InChI is InChI=1S/C14H24N2/c1-12(2)15-9-14-7-8-16(11-14)10-13-5-3-4-6-13/h7-8,11-13,15H,3-6,9-10H2,1-2H3. The van der Waals surface area contributed by atoms with Crippen molar-refractivity contribution in [1.82, 2.24) is 9.88 Å². The summed E-state index contributed by atoms with van der Waals surface area (Å²) < 4.78 is 2.37. The summed E-state index contributed by atoms with van der Waals surface area (Å²) in [7, 11) is 0. The largest absolute Gasteiger partial charge is 0.354 e. The van der Waals surface area contributed by atoms with Gasteiger partial charge in [0, 0.05) is 31.5 Å². The second-order valence-electron chi connectivity index (χ2n) is 5.40. The fraction of sp³-hybridized carbons (Fsp3) is 0.714. The lowest BCUT2D eigenvalue weighted by atomic mass is 10.1. The van der Waals surface area contributed by atoms with Gasteiger partial charge in [0.25, 0.3) is 0 Å². The molecule has 1 aliphatic rings. The van der Waals surface area contributed by atoms with E-state index in [-0.39, 0.29) is 0 Å². The van der Waals surface area contributed by atoms with E-state index in [0.29, 0.717) is 6.04 Å². The smallest absolute Gasteiger partial charge is 0.0248 e. The van der Waals surface area contributed by atoms with Gasteiger partial charge in [-0.1, -0.05) is 26.7 Å². The molecule has 2 heteroatoms. The highest BCUT2D eigenvalue weighted by atomic mass is 15.0. The lowest BCUT2D eigenvalue weighted by Gasteiger charge is -2.10. The van der Waals surface area contributed by atoms with Crippen molar-refractivity contribution in [2.75, 3.05) is 0 Å². The van der Waals surface area contributed by atoms with Crippen molar-refractivity contribution in [3.63, 3.8) is 0 Å². The van der Waals surface area contributed by atoms with E-state index in [4.69, 9.17) is 0 Å². The van der Waals surface area contributed by atoms with Gasteiger partial charge in [-0.2, -0.15) is 0 Å². The first kappa shape index (κ1) is 11.7. The summed E-state index contributed by atoms with van der Waals surface area (Å²) in [4.78, 5) is 0. The van der Waals surface area contributed by atoms with Gasteiger partial charge in [0.2, 0.25) is 0 Å². The molecule has 2 nitrogen and oxygen atoms in total. The van der Waals surface area contributed by atoms with Gasteiger partial charge in [-0.05, 0) is 30.4 Å². The Kier molecular flexibility index (Phi) is 4.05. The maximum atomic E-state index is 3.46. The van der Waals surface area contributed by atoms with E-state index in [1.807, 2.05) is 0 Å². The Morgan fingerprint density at radius 1 is 1.38 bits per heavy atom. The molecule has 1 N–H and O–H groups in total. The molecule has 0 aromatic carbocycles. The predicted octanol–water partition coefficient (Wildman–Crippen LogP) is 3.18. The van der Waals surface area contributed by atoms with Crippen LogP contribution < -0.4 is 5.32 Å². The molecule has 0 atom stereocenters. The Bertz CT molecular complexity index is 308. The van der Waals surface area contributed by atoms with Crippen molar-refractivity contribution in [2.45, 2.75) is 58.7 Å². The van der Waals surface area contributed by atoms with Gasteiger partial charge in [-0.3, -0.25) is 0 Å². The van der Waals surface area contributed by atoms with Crippen LogP contribution in [0.5, 0.6) is 0 Å².